The summed E-state index contributed by atoms with van der Waals surface area (Å²) in [4.78, 5) is 0.188. The maximum atomic E-state index is 12.4. The van der Waals surface area contributed by atoms with E-state index in [9.17, 15) is 8.42 Å². The smallest absolute Gasteiger partial charge is 0.189 e. The summed E-state index contributed by atoms with van der Waals surface area (Å²) in [6.07, 6.45) is 3.24. The first kappa shape index (κ1) is 15.2. The maximum absolute atomic E-state index is 12.4. The third kappa shape index (κ3) is 3.20. The molecule has 0 saturated carbocycles. The Hall–Kier alpha value is -1.74. The van der Waals surface area contributed by atoms with Gasteiger partial charge in [0.05, 0.1) is 6.26 Å². The molecular weight excluding hydrogens is 308 g/mol. The van der Waals surface area contributed by atoms with Gasteiger partial charge in [-0.2, -0.15) is 0 Å². The van der Waals surface area contributed by atoms with Gasteiger partial charge in [-0.15, -0.1) is 5.10 Å². The minimum absolute atomic E-state index is 0.188. The van der Waals surface area contributed by atoms with E-state index in [2.05, 4.69) is 15.5 Å². The van der Waals surface area contributed by atoms with Crippen molar-refractivity contribution in [1.82, 2.24) is 20.2 Å². The number of ether oxygens (including phenoxy) is 1. The quantitative estimate of drug-likeness (QED) is 0.807. The molecule has 1 saturated heterocycles. The highest BCUT2D eigenvalue weighted by atomic mass is 32.2. The zero-order chi connectivity index (χ0) is 15.6. The van der Waals surface area contributed by atoms with E-state index in [-0.39, 0.29) is 10.6 Å². The van der Waals surface area contributed by atoms with E-state index in [0.717, 1.165) is 26.1 Å². The summed E-state index contributed by atoms with van der Waals surface area (Å²) in [5, 5.41) is 11.4. The molecule has 0 unspecified atom stereocenters. The minimum Gasteiger partial charge on any atom is -0.468 e. The highest BCUT2D eigenvalue weighted by molar-refractivity contribution is 7.90. The van der Waals surface area contributed by atoms with E-state index in [1.54, 1.807) is 11.6 Å². The number of aromatic nitrogens is 4. The van der Waals surface area contributed by atoms with Gasteiger partial charge in [0.15, 0.2) is 15.7 Å². The van der Waals surface area contributed by atoms with E-state index in [1.807, 2.05) is 0 Å². The van der Waals surface area contributed by atoms with Crippen molar-refractivity contribution in [3.05, 3.63) is 23.9 Å². The van der Waals surface area contributed by atoms with Crippen LogP contribution < -0.4 is 0 Å². The lowest BCUT2D eigenvalue weighted by molar-refractivity contribution is 0.0597. The monoisotopic (exact) mass is 326 g/mol. The second kappa shape index (κ2) is 6.17. The van der Waals surface area contributed by atoms with Crippen molar-refractivity contribution in [3.63, 3.8) is 0 Å². The molecule has 8 nitrogen and oxygen atoms in total. The third-order valence-corrected chi connectivity index (χ3v) is 5.58. The van der Waals surface area contributed by atoms with Crippen LogP contribution in [0.25, 0.3) is 0 Å². The Morgan fingerprint density at radius 3 is 2.82 bits per heavy atom. The number of hydrogen-bond donors (Lipinski definition) is 0. The summed E-state index contributed by atoms with van der Waals surface area (Å²) >= 11 is 0. The highest BCUT2D eigenvalue weighted by Crippen LogP contribution is 2.21. The molecule has 2 aromatic heterocycles. The molecule has 22 heavy (non-hydrogen) atoms. The van der Waals surface area contributed by atoms with Gasteiger partial charge in [0.25, 0.3) is 0 Å². The average Bonchev–Trinajstić information content (AvgIpc) is 3.10. The molecule has 0 amide bonds. The maximum Gasteiger partial charge on any atom is 0.189 e. The van der Waals surface area contributed by atoms with E-state index >= 15 is 0 Å². The average molecular weight is 326 g/mol. The van der Waals surface area contributed by atoms with Crippen LogP contribution in [0.3, 0.4) is 0 Å². The normalized spacial score (nSPS) is 17.0. The van der Waals surface area contributed by atoms with E-state index in [1.165, 1.54) is 12.3 Å². The molecule has 0 bridgehead atoms. The molecule has 3 heterocycles. The molecule has 1 fully saturated rings. The van der Waals surface area contributed by atoms with Gasteiger partial charge in [-0.3, -0.25) is 0 Å². The van der Waals surface area contributed by atoms with Crippen LogP contribution in [0.2, 0.25) is 0 Å². The third-order valence-electron chi connectivity index (χ3n) is 3.84. The fourth-order valence-electron chi connectivity index (χ4n) is 2.59. The number of aryl methyl sites for hydroxylation is 1. The highest BCUT2D eigenvalue weighted by Gasteiger charge is 2.24. The lowest BCUT2D eigenvalue weighted by Gasteiger charge is -2.21. The van der Waals surface area contributed by atoms with Crippen molar-refractivity contribution in [2.24, 2.45) is 5.92 Å². The minimum atomic E-state index is -3.52. The summed E-state index contributed by atoms with van der Waals surface area (Å²) in [6, 6.07) is 1.46. The van der Waals surface area contributed by atoms with Crippen molar-refractivity contribution in [1.29, 1.82) is 0 Å². The summed E-state index contributed by atoms with van der Waals surface area (Å²) in [5.74, 6) is 0.911. The fraction of sp³-hybridized carbons (Fsp3) is 0.615. The Labute approximate surface area is 128 Å². The van der Waals surface area contributed by atoms with Gasteiger partial charge in [0.1, 0.15) is 16.4 Å². The summed E-state index contributed by atoms with van der Waals surface area (Å²) in [6.45, 7) is 3.70. The lowest BCUT2D eigenvalue weighted by atomic mass is 10.0. The second-order valence-electron chi connectivity index (χ2n) is 5.43. The van der Waals surface area contributed by atoms with Gasteiger partial charge < -0.3 is 9.15 Å². The predicted molar refractivity (Wildman–Crippen MR) is 75.7 cm³/mol. The Bertz CT molecular complexity index is 731. The van der Waals surface area contributed by atoms with Crippen LogP contribution in [0.5, 0.6) is 0 Å². The largest absolute Gasteiger partial charge is 0.468 e. The molecule has 0 atom stereocenters. The van der Waals surface area contributed by atoms with Crippen molar-refractivity contribution >= 4 is 9.84 Å². The number of nitrogens with zero attached hydrogens (tertiary/aromatic N) is 4. The van der Waals surface area contributed by atoms with Crippen LogP contribution in [0, 0.1) is 12.8 Å². The Balaban J connectivity index is 1.76. The van der Waals surface area contributed by atoms with E-state index < -0.39 is 9.84 Å². The topological polar surface area (TPSA) is 100 Å². The van der Waals surface area contributed by atoms with Gasteiger partial charge in [-0.1, -0.05) is 0 Å². The second-order valence-corrected chi connectivity index (χ2v) is 7.39. The molecule has 0 aromatic carbocycles. The van der Waals surface area contributed by atoms with Crippen LogP contribution >= 0.6 is 0 Å². The number of tetrazole rings is 1. The van der Waals surface area contributed by atoms with E-state index in [4.69, 9.17) is 9.15 Å². The first-order valence-electron chi connectivity index (χ1n) is 7.16. The Morgan fingerprint density at radius 1 is 1.36 bits per heavy atom. The molecule has 120 valence electrons. The van der Waals surface area contributed by atoms with Gasteiger partial charge in [-0.05, 0) is 42.2 Å². The standard InChI is InChI=1S/C13H18N4O4S/c1-10-12(4-7-21-10)22(18,19)9-13-14-15-16-17(13)8-11-2-5-20-6-3-11/h4,7,11H,2-3,5-6,8-9H2,1H3. The first-order valence-corrected chi connectivity index (χ1v) is 8.81. The zero-order valence-electron chi connectivity index (χ0n) is 12.3. The number of furan rings is 1. The molecule has 9 heteroatoms. The number of sulfone groups is 1. The summed E-state index contributed by atoms with van der Waals surface area (Å²) in [7, 11) is -3.52. The molecule has 0 N–H and O–H groups in total. The molecule has 0 spiro atoms. The molecule has 0 radical (unpaired) electrons. The van der Waals surface area contributed by atoms with E-state index in [0.29, 0.717) is 24.0 Å². The number of rotatable bonds is 5. The van der Waals surface area contributed by atoms with Crippen molar-refractivity contribution in [3.8, 4) is 0 Å². The Morgan fingerprint density at radius 2 is 2.14 bits per heavy atom. The van der Waals surface area contributed by atoms with Gasteiger partial charge in [0.2, 0.25) is 0 Å². The zero-order valence-corrected chi connectivity index (χ0v) is 13.1. The van der Waals surface area contributed by atoms with Gasteiger partial charge in [-0.25, -0.2) is 13.1 Å². The van der Waals surface area contributed by atoms with Crippen molar-refractivity contribution < 1.29 is 17.6 Å². The molecule has 1 aliphatic heterocycles. The van der Waals surface area contributed by atoms with Crippen LogP contribution in [0.4, 0.5) is 0 Å². The molecule has 0 aliphatic carbocycles. The summed E-state index contributed by atoms with van der Waals surface area (Å²) < 4.78 is 36.9. The first-order chi connectivity index (χ1) is 10.6. The van der Waals surface area contributed by atoms with Crippen LogP contribution in [0.15, 0.2) is 21.6 Å². The molecular formula is C13H18N4O4S. The van der Waals surface area contributed by atoms with Crippen LogP contribution in [-0.4, -0.2) is 41.8 Å². The molecule has 1 aliphatic rings. The predicted octanol–water partition coefficient (Wildman–Crippen LogP) is 0.975. The lowest BCUT2D eigenvalue weighted by Crippen LogP contribution is -2.22. The molecule has 3 rings (SSSR count). The van der Waals surface area contributed by atoms with Gasteiger partial charge >= 0.3 is 0 Å². The fourth-order valence-corrected chi connectivity index (χ4v) is 4.04. The van der Waals surface area contributed by atoms with Crippen molar-refractivity contribution in [2.75, 3.05) is 13.2 Å². The molecule has 2 aromatic rings. The van der Waals surface area contributed by atoms with Crippen LogP contribution in [0.1, 0.15) is 24.4 Å². The van der Waals surface area contributed by atoms with Crippen molar-refractivity contribution in [2.45, 2.75) is 37.0 Å². The SMILES string of the molecule is Cc1occc1S(=O)(=O)Cc1nnnn1CC1CCOCC1. The van der Waals surface area contributed by atoms with Crippen LogP contribution in [-0.2, 0) is 26.9 Å². The Kier molecular flexibility index (Phi) is 4.25. The summed E-state index contributed by atoms with van der Waals surface area (Å²) in [5.41, 5.74) is 0. The number of hydrogen-bond acceptors (Lipinski definition) is 7. The van der Waals surface area contributed by atoms with Gasteiger partial charge in [0, 0.05) is 19.8 Å².